The Bertz CT molecular complexity index is 2820. The summed E-state index contributed by atoms with van der Waals surface area (Å²) in [6, 6.07) is 56.9. The van der Waals surface area contributed by atoms with Crippen LogP contribution in [0.15, 0.2) is 158 Å². The van der Waals surface area contributed by atoms with Crippen LogP contribution in [0, 0.1) is 6.92 Å². The van der Waals surface area contributed by atoms with Crippen LogP contribution < -0.4 is 0 Å². The van der Waals surface area contributed by atoms with E-state index in [9.17, 15) is 0 Å². The molecule has 7 aromatic carbocycles. The highest BCUT2D eigenvalue weighted by molar-refractivity contribution is 6.14. The van der Waals surface area contributed by atoms with Gasteiger partial charge >= 0.3 is 0 Å². The van der Waals surface area contributed by atoms with Crippen LogP contribution in [0.25, 0.3) is 83.3 Å². The number of benzene rings is 7. The van der Waals surface area contributed by atoms with Crippen LogP contribution in [-0.2, 0) is 5.41 Å². The van der Waals surface area contributed by atoms with E-state index in [0.29, 0.717) is 5.95 Å². The number of hydrogen-bond acceptors (Lipinski definition) is 2. The highest BCUT2D eigenvalue weighted by atomic mass is 15.2. The van der Waals surface area contributed by atoms with Crippen molar-refractivity contribution < 1.29 is 0 Å². The van der Waals surface area contributed by atoms with Gasteiger partial charge in [-0.15, -0.1) is 0 Å². The zero-order valence-corrected chi connectivity index (χ0v) is 28.9. The van der Waals surface area contributed by atoms with Gasteiger partial charge in [-0.25, -0.2) is 9.97 Å². The highest BCUT2D eigenvalue weighted by Crippen LogP contribution is 2.52. The Morgan fingerprint density at radius 2 is 1.16 bits per heavy atom. The van der Waals surface area contributed by atoms with Gasteiger partial charge in [0.25, 0.3) is 0 Å². The molecule has 2 heterocycles. The lowest BCUT2D eigenvalue weighted by atomic mass is 9.81. The van der Waals surface area contributed by atoms with Crippen LogP contribution in [0.4, 0.5) is 0 Å². The van der Waals surface area contributed by atoms with Gasteiger partial charge in [0.2, 0.25) is 5.95 Å². The summed E-state index contributed by atoms with van der Waals surface area (Å²) in [6.07, 6.45) is 0. The van der Waals surface area contributed by atoms with Crippen molar-refractivity contribution in [2.24, 2.45) is 0 Å². The van der Waals surface area contributed by atoms with E-state index >= 15 is 0 Å². The van der Waals surface area contributed by atoms with Crippen LogP contribution in [0.1, 0.15) is 30.5 Å². The monoisotopic (exact) mass is 653 g/mol. The first-order valence-electron chi connectivity index (χ1n) is 17.7. The van der Waals surface area contributed by atoms with Crippen molar-refractivity contribution in [1.82, 2.24) is 14.5 Å². The molecule has 0 fully saturated rings. The summed E-state index contributed by atoms with van der Waals surface area (Å²) in [4.78, 5) is 10.6. The zero-order chi connectivity index (χ0) is 34.3. The molecule has 3 heteroatoms. The SMILES string of the molecule is Cc1ccc(-c2cc(-c3ccccc3)nc(-n3c4ccccc4c4cccc(-c5ccc6c(c5)C(C)(C)c5ccc7ccccc7c5-6)c43)n2)cc1. The molecule has 0 saturated carbocycles. The third kappa shape index (κ3) is 4.51. The number of para-hydroxylation sites is 2. The Hall–Kier alpha value is -6.32. The first-order chi connectivity index (χ1) is 25.0. The molecule has 0 unspecified atom stereocenters. The minimum Gasteiger partial charge on any atom is -0.277 e. The maximum Gasteiger partial charge on any atom is 0.235 e. The summed E-state index contributed by atoms with van der Waals surface area (Å²) in [7, 11) is 0. The molecule has 9 aromatic rings. The average Bonchev–Trinajstić information content (AvgIpc) is 3.64. The molecule has 1 aliphatic rings. The Kier molecular flexibility index (Phi) is 6.44. The number of rotatable bonds is 4. The van der Waals surface area contributed by atoms with E-state index in [2.05, 4.69) is 177 Å². The molecule has 0 saturated heterocycles. The molecule has 0 amide bonds. The number of aromatic nitrogens is 3. The lowest BCUT2D eigenvalue weighted by Gasteiger charge is -2.22. The number of hydrogen-bond donors (Lipinski definition) is 0. The fourth-order valence-corrected chi connectivity index (χ4v) is 8.30. The summed E-state index contributed by atoms with van der Waals surface area (Å²) < 4.78 is 2.28. The lowest BCUT2D eigenvalue weighted by Crippen LogP contribution is -2.15. The van der Waals surface area contributed by atoms with Crippen molar-refractivity contribution >= 4 is 32.6 Å². The number of aryl methyl sites for hydroxylation is 1. The summed E-state index contributed by atoms with van der Waals surface area (Å²) in [6.45, 7) is 6.85. The molecule has 0 N–H and O–H groups in total. The number of fused-ring (bicyclic) bond motifs is 8. The largest absolute Gasteiger partial charge is 0.277 e. The van der Waals surface area contributed by atoms with Crippen LogP contribution in [0.2, 0.25) is 0 Å². The Morgan fingerprint density at radius 3 is 1.96 bits per heavy atom. The van der Waals surface area contributed by atoms with E-state index in [4.69, 9.17) is 9.97 Å². The van der Waals surface area contributed by atoms with Crippen LogP contribution in [-0.4, -0.2) is 14.5 Å². The maximum atomic E-state index is 5.33. The molecule has 0 spiro atoms. The molecule has 0 radical (unpaired) electrons. The molecule has 0 atom stereocenters. The van der Waals surface area contributed by atoms with E-state index in [0.717, 1.165) is 39.1 Å². The van der Waals surface area contributed by atoms with E-state index in [-0.39, 0.29) is 5.41 Å². The van der Waals surface area contributed by atoms with Gasteiger partial charge in [0.1, 0.15) is 0 Å². The van der Waals surface area contributed by atoms with Crippen LogP contribution in [0.3, 0.4) is 0 Å². The van der Waals surface area contributed by atoms with Crippen LogP contribution >= 0.6 is 0 Å². The third-order valence-corrected chi connectivity index (χ3v) is 10.9. The third-order valence-electron chi connectivity index (χ3n) is 10.9. The molecular weight excluding hydrogens is 619 g/mol. The summed E-state index contributed by atoms with van der Waals surface area (Å²) in [5.74, 6) is 0.658. The minimum atomic E-state index is -0.138. The molecule has 51 heavy (non-hydrogen) atoms. The smallest absolute Gasteiger partial charge is 0.235 e. The molecule has 0 bridgehead atoms. The summed E-state index contributed by atoms with van der Waals surface area (Å²) >= 11 is 0. The first kappa shape index (κ1) is 29.6. The van der Waals surface area contributed by atoms with Gasteiger partial charge in [-0.1, -0.05) is 159 Å². The van der Waals surface area contributed by atoms with Gasteiger partial charge in [0.05, 0.1) is 22.4 Å². The van der Waals surface area contributed by atoms with Crippen molar-refractivity contribution in [3.63, 3.8) is 0 Å². The molecular formula is C48H35N3. The standard InChI is InChI=1S/C48H35N3/c1-30-20-22-33(23-21-30)43-29-42(32-13-5-4-6-14-32)49-47(50-43)51-44-19-10-9-16-37(44)38-18-11-17-36(46(38)51)34-24-26-39-41(28-34)48(2,3)40-27-25-31-12-7-8-15-35(31)45(39)40/h4-29H,1-3H3. The second kappa shape index (κ2) is 11.1. The predicted molar refractivity (Wildman–Crippen MR) is 212 cm³/mol. The molecule has 1 aliphatic carbocycles. The highest BCUT2D eigenvalue weighted by Gasteiger charge is 2.36. The van der Waals surface area contributed by atoms with E-state index in [1.165, 1.54) is 54.9 Å². The molecule has 3 nitrogen and oxygen atoms in total. The number of nitrogens with zero attached hydrogens (tertiary/aromatic N) is 3. The Labute approximate surface area is 297 Å². The first-order valence-corrected chi connectivity index (χ1v) is 17.7. The predicted octanol–water partition coefficient (Wildman–Crippen LogP) is 12.3. The molecule has 10 rings (SSSR count). The molecule has 2 aromatic heterocycles. The topological polar surface area (TPSA) is 30.7 Å². The fourth-order valence-electron chi connectivity index (χ4n) is 8.30. The van der Waals surface area contributed by atoms with Crippen molar-refractivity contribution in [1.29, 1.82) is 0 Å². The second-order valence-corrected chi connectivity index (χ2v) is 14.3. The van der Waals surface area contributed by atoms with Gasteiger partial charge in [-0.05, 0) is 63.7 Å². The van der Waals surface area contributed by atoms with Crippen molar-refractivity contribution in [2.45, 2.75) is 26.2 Å². The van der Waals surface area contributed by atoms with E-state index in [1.807, 2.05) is 6.07 Å². The average molecular weight is 654 g/mol. The summed E-state index contributed by atoms with van der Waals surface area (Å²) in [5.41, 5.74) is 15.0. The van der Waals surface area contributed by atoms with Crippen LogP contribution in [0.5, 0.6) is 0 Å². The molecule has 242 valence electrons. The van der Waals surface area contributed by atoms with Crippen molar-refractivity contribution in [2.75, 3.05) is 0 Å². The Morgan fingerprint density at radius 1 is 0.490 bits per heavy atom. The van der Waals surface area contributed by atoms with E-state index < -0.39 is 0 Å². The van der Waals surface area contributed by atoms with Gasteiger partial charge in [-0.3, -0.25) is 4.57 Å². The Balaban J connectivity index is 1.24. The van der Waals surface area contributed by atoms with Crippen molar-refractivity contribution in [3.05, 3.63) is 174 Å². The van der Waals surface area contributed by atoms with Gasteiger partial charge in [0.15, 0.2) is 0 Å². The summed E-state index contributed by atoms with van der Waals surface area (Å²) in [5, 5.41) is 4.96. The maximum absolute atomic E-state index is 5.33. The van der Waals surface area contributed by atoms with Gasteiger partial charge in [0, 0.05) is 32.9 Å². The van der Waals surface area contributed by atoms with E-state index in [1.54, 1.807) is 0 Å². The second-order valence-electron chi connectivity index (χ2n) is 14.3. The minimum absolute atomic E-state index is 0.138. The quantitative estimate of drug-likeness (QED) is 0.189. The van der Waals surface area contributed by atoms with Gasteiger partial charge < -0.3 is 0 Å². The normalized spacial score (nSPS) is 13.2. The lowest BCUT2D eigenvalue weighted by molar-refractivity contribution is 0.661. The van der Waals surface area contributed by atoms with Gasteiger partial charge in [-0.2, -0.15) is 0 Å². The van der Waals surface area contributed by atoms with Crippen molar-refractivity contribution in [3.8, 4) is 50.7 Å². The molecule has 0 aliphatic heterocycles. The fraction of sp³-hybridized carbons (Fsp3) is 0.0833. The zero-order valence-electron chi connectivity index (χ0n) is 28.9.